The summed E-state index contributed by atoms with van der Waals surface area (Å²) in [5, 5.41) is 14.6. The Labute approximate surface area is 82.1 Å². The molecule has 0 saturated carbocycles. The summed E-state index contributed by atoms with van der Waals surface area (Å²) in [5.41, 5.74) is -0.305. The molecule has 2 atom stereocenters. The molecule has 0 fully saturated rings. The molecular weight excluding hydrogens is 180 g/mol. The first-order valence-electron chi connectivity index (χ1n) is 4.55. The summed E-state index contributed by atoms with van der Waals surface area (Å²) in [6.45, 7) is 4.09. The highest BCUT2D eigenvalue weighted by atomic mass is 16.6. The Morgan fingerprint density at radius 1 is 1.57 bits per heavy atom. The quantitative estimate of drug-likeness (QED) is 0.609. The van der Waals surface area contributed by atoms with Gasteiger partial charge in [-0.15, -0.1) is 0 Å². The summed E-state index contributed by atoms with van der Waals surface area (Å²) in [6, 6.07) is 0. The lowest BCUT2D eigenvalue weighted by Gasteiger charge is -2.23. The first kappa shape index (κ1) is 8.99. The predicted molar refractivity (Wildman–Crippen MR) is 47.2 cm³/mol. The molecule has 1 heterocycles. The predicted octanol–water partition coefficient (Wildman–Crippen LogP) is 0.513. The maximum Gasteiger partial charge on any atom is 0.222 e. The largest absolute Gasteiger partial charge is 0.539 e. The lowest BCUT2D eigenvalue weighted by atomic mass is 9.84. The maximum absolute atomic E-state index is 10.9. The third-order valence-corrected chi connectivity index (χ3v) is 2.81. The molecule has 0 spiro atoms. The molecule has 4 nitrogen and oxygen atoms in total. The molecule has 0 amide bonds. The zero-order chi connectivity index (χ0) is 10.2. The minimum Gasteiger partial charge on any atom is -0.539 e. The molecule has 14 heavy (non-hydrogen) atoms. The van der Waals surface area contributed by atoms with Crippen molar-refractivity contribution < 1.29 is 14.3 Å². The maximum atomic E-state index is 10.9. The molecule has 0 bridgehead atoms. The van der Waals surface area contributed by atoms with Gasteiger partial charge < -0.3 is 9.63 Å². The summed E-state index contributed by atoms with van der Waals surface area (Å²) in [5.74, 6) is -0.136. The number of rotatable bonds is 1. The normalized spacial score (nSPS) is 30.9. The molecule has 1 aromatic heterocycles. The van der Waals surface area contributed by atoms with Gasteiger partial charge in [0.2, 0.25) is 11.7 Å². The van der Waals surface area contributed by atoms with Gasteiger partial charge in [-0.25, -0.2) is 0 Å². The molecule has 74 valence electrons. The number of nitrogens with zero attached hydrogens (tertiary/aromatic N) is 2. The first-order valence-corrected chi connectivity index (χ1v) is 4.55. The third-order valence-electron chi connectivity index (χ3n) is 2.81. The first-order chi connectivity index (χ1) is 6.63. The van der Waals surface area contributed by atoms with Gasteiger partial charge in [0.25, 0.3) is 0 Å². The Morgan fingerprint density at radius 2 is 2.36 bits per heavy atom. The minimum absolute atomic E-state index is 0.280. The molecule has 4 heteroatoms. The van der Waals surface area contributed by atoms with Gasteiger partial charge >= 0.3 is 0 Å². The van der Waals surface area contributed by atoms with Crippen LogP contribution in [0, 0.1) is 5.92 Å². The minimum atomic E-state index is -0.415. The Kier molecular flexibility index (Phi) is 1.91. The van der Waals surface area contributed by atoms with Crippen LogP contribution in [-0.2, 0) is 5.54 Å². The summed E-state index contributed by atoms with van der Waals surface area (Å²) in [7, 11) is 0. The van der Waals surface area contributed by atoms with Crippen LogP contribution in [0.3, 0.4) is 0 Å². The monoisotopic (exact) mass is 192 g/mol. The standard InChI is InChI=1S/C10H12N2O2/c1-8-5-3-4-6-10(8,2)12-7-9(13)14-11-12/h3-8H,1-2H3. The van der Waals surface area contributed by atoms with Crippen molar-refractivity contribution in [1.29, 1.82) is 0 Å². The van der Waals surface area contributed by atoms with E-state index in [0.29, 0.717) is 0 Å². The molecule has 1 aliphatic rings. The van der Waals surface area contributed by atoms with Crippen LogP contribution in [0.15, 0.2) is 35.0 Å². The SMILES string of the molecule is CC1C=CC=CC1(C)[n+]1cc([O-])on1. The smallest absolute Gasteiger partial charge is 0.222 e. The van der Waals surface area contributed by atoms with Crippen LogP contribution < -0.4 is 9.79 Å². The van der Waals surface area contributed by atoms with Gasteiger partial charge in [0.05, 0.1) is 5.27 Å². The molecule has 0 saturated heterocycles. The van der Waals surface area contributed by atoms with E-state index in [1.54, 1.807) is 4.68 Å². The number of aromatic nitrogens is 2. The lowest BCUT2D eigenvalue weighted by Crippen LogP contribution is -2.57. The fourth-order valence-electron chi connectivity index (χ4n) is 1.57. The van der Waals surface area contributed by atoms with Crippen molar-refractivity contribution in [2.24, 2.45) is 5.92 Å². The van der Waals surface area contributed by atoms with E-state index in [4.69, 9.17) is 0 Å². The van der Waals surface area contributed by atoms with Gasteiger partial charge in [0.15, 0.2) is 0 Å². The Hall–Kier alpha value is -1.58. The average molecular weight is 192 g/mol. The summed E-state index contributed by atoms with van der Waals surface area (Å²) >= 11 is 0. The van der Waals surface area contributed by atoms with Gasteiger partial charge in [-0.05, 0) is 6.08 Å². The van der Waals surface area contributed by atoms with Gasteiger partial charge in [-0.2, -0.15) is 0 Å². The van der Waals surface area contributed by atoms with Gasteiger partial charge in [0.1, 0.15) is 5.95 Å². The Balaban J connectivity index is 2.41. The summed E-state index contributed by atoms with van der Waals surface area (Å²) in [6.07, 6.45) is 9.41. The van der Waals surface area contributed by atoms with E-state index in [0.717, 1.165) is 0 Å². The van der Waals surface area contributed by atoms with Crippen LogP contribution >= 0.6 is 0 Å². The molecule has 1 aliphatic carbocycles. The fraction of sp³-hybridized carbons (Fsp3) is 0.400. The second-order valence-corrected chi connectivity index (χ2v) is 3.72. The van der Waals surface area contributed by atoms with Crippen LogP contribution in [0.25, 0.3) is 0 Å². The van der Waals surface area contributed by atoms with E-state index in [-0.39, 0.29) is 11.5 Å². The van der Waals surface area contributed by atoms with E-state index in [1.807, 2.05) is 25.2 Å². The van der Waals surface area contributed by atoms with Crippen LogP contribution in [-0.4, -0.2) is 5.27 Å². The Bertz CT molecular complexity index is 395. The fourth-order valence-corrected chi connectivity index (χ4v) is 1.57. The average Bonchev–Trinajstić information content (AvgIpc) is 2.58. The third kappa shape index (κ3) is 1.23. The highest BCUT2D eigenvalue weighted by molar-refractivity contribution is 5.16. The van der Waals surface area contributed by atoms with Crippen molar-refractivity contribution in [3.63, 3.8) is 0 Å². The van der Waals surface area contributed by atoms with Crippen molar-refractivity contribution in [3.05, 3.63) is 30.5 Å². The van der Waals surface area contributed by atoms with E-state index in [2.05, 4.69) is 22.8 Å². The molecule has 0 radical (unpaired) electrons. The van der Waals surface area contributed by atoms with E-state index < -0.39 is 5.95 Å². The van der Waals surface area contributed by atoms with Crippen LogP contribution in [0.1, 0.15) is 13.8 Å². The number of allylic oxidation sites excluding steroid dienone is 4. The van der Waals surface area contributed by atoms with Crippen LogP contribution in [0.4, 0.5) is 0 Å². The molecule has 0 aromatic carbocycles. The van der Waals surface area contributed by atoms with Crippen molar-refractivity contribution in [2.75, 3.05) is 0 Å². The second kappa shape index (κ2) is 2.97. The highest BCUT2D eigenvalue weighted by Gasteiger charge is 2.40. The molecule has 0 N–H and O–H groups in total. The summed E-state index contributed by atoms with van der Waals surface area (Å²) in [4.78, 5) is 0. The number of hydrogen-bond acceptors (Lipinski definition) is 3. The zero-order valence-electron chi connectivity index (χ0n) is 8.18. The van der Waals surface area contributed by atoms with Crippen LogP contribution in [0.5, 0.6) is 5.95 Å². The molecule has 1 aromatic rings. The van der Waals surface area contributed by atoms with Gasteiger partial charge in [-0.1, -0.05) is 29.8 Å². The zero-order valence-corrected chi connectivity index (χ0v) is 8.18. The molecule has 0 aliphatic heterocycles. The highest BCUT2D eigenvalue weighted by Crippen LogP contribution is 2.26. The van der Waals surface area contributed by atoms with Gasteiger partial charge in [0, 0.05) is 12.8 Å². The van der Waals surface area contributed by atoms with E-state index in [1.165, 1.54) is 6.20 Å². The van der Waals surface area contributed by atoms with E-state index in [9.17, 15) is 5.11 Å². The topological polar surface area (TPSA) is 53.0 Å². The van der Waals surface area contributed by atoms with Gasteiger partial charge in [-0.3, -0.25) is 0 Å². The summed E-state index contributed by atoms with van der Waals surface area (Å²) < 4.78 is 6.10. The molecular formula is C10H12N2O2. The van der Waals surface area contributed by atoms with Crippen molar-refractivity contribution in [1.82, 2.24) is 5.27 Å². The lowest BCUT2D eigenvalue weighted by molar-refractivity contribution is -0.814. The molecule has 2 unspecified atom stereocenters. The second-order valence-electron chi connectivity index (χ2n) is 3.72. The molecule has 2 rings (SSSR count). The Morgan fingerprint density at radius 3 is 2.93 bits per heavy atom. The van der Waals surface area contributed by atoms with E-state index >= 15 is 0 Å². The number of hydrogen-bond donors (Lipinski definition) is 0. The van der Waals surface area contributed by atoms with Crippen molar-refractivity contribution in [2.45, 2.75) is 19.4 Å². The van der Waals surface area contributed by atoms with Crippen molar-refractivity contribution >= 4 is 0 Å². The van der Waals surface area contributed by atoms with Crippen LogP contribution in [0.2, 0.25) is 0 Å². The van der Waals surface area contributed by atoms with Crippen molar-refractivity contribution in [3.8, 4) is 5.95 Å².